The van der Waals surface area contributed by atoms with Gasteiger partial charge in [0.2, 0.25) is 0 Å². The van der Waals surface area contributed by atoms with Crippen molar-refractivity contribution in [1.29, 1.82) is 0 Å². The first kappa shape index (κ1) is 18.8. The molecule has 0 unspecified atom stereocenters. The molecule has 0 radical (unpaired) electrons. The van der Waals surface area contributed by atoms with E-state index in [0.717, 1.165) is 11.3 Å². The van der Waals surface area contributed by atoms with Crippen molar-refractivity contribution in [3.05, 3.63) is 34.5 Å². The van der Waals surface area contributed by atoms with Crippen LogP contribution in [0, 0.1) is 0 Å². The van der Waals surface area contributed by atoms with Crippen molar-refractivity contribution in [3.63, 3.8) is 0 Å². The predicted molar refractivity (Wildman–Crippen MR) is 89.7 cm³/mol. The van der Waals surface area contributed by atoms with E-state index in [9.17, 15) is 19.4 Å². The third kappa shape index (κ3) is 5.52. The van der Waals surface area contributed by atoms with Gasteiger partial charge in [0.15, 0.2) is 5.71 Å². The van der Waals surface area contributed by atoms with E-state index in [-0.39, 0.29) is 18.6 Å². The fourth-order valence-electron chi connectivity index (χ4n) is 2.19. The Bertz CT molecular complexity index is 704. The molecule has 25 heavy (non-hydrogen) atoms. The molecular weight excluding hydrogens is 351 g/mol. The predicted octanol–water partition coefficient (Wildman–Crippen LogP) is 0.540. The second-order valence-corrected chi connectivity index (χ2v) is 6.07. The van der Waals surface area contributed by atoms with Crippen LogP contribution in [0.2, 0.25) is 0 Å². The van der Waals surface area contributed by atoms with Gasteiger partial charge in [-0.3, -0.25) is 9.59 Å². The Hall–Kier alpha value is -2.50. The Morgan fingerprint density at radius 2 is 2.16 bits per heavy atom. The molecule has 9 nitrogen and oxygen atoms in total. The summed E-state index contributed by atoms with van der Waals surface area (Å²) in [7, 11) is -1.45. The molecule has 4 N–H and O–H groups in total. The average molecular weight is 366 g/mol. The standard InChI is InChI=1S/C14H15BN2O7S/c18-11(19)7-8-3-1-5-10(15(23)24-8)16-13(20)12(17-14(21)22)9-4-2-6-25-9/h1-4,6,8,10,23H,5,7H2,(H,16,20)(H,18,19)(H,21,22)/t8-,10+/m1/s1. The van der Waals surface area contributed by atoms with Gasteiger partial charge in [-0.1, -0.05) is 18.2 Å². The summed E-state index contributed by atoms with van der Waals surface area (Å²) in [6.07, 6.45) is 0.614. The Labute approximate surface area is 146 Å². The van der Waals surface area contributed by atoms with E-state index in [1.807, 2.05) is 0 Å². The Morgan fingerprint density at radius 1 is 1.40 bits per heavy atom. The SMILES string of the molecule is O=C(O)C[C@H]1C=CC[C@H](NC(=O)C(=NC(=O)O)c2cccs2)B(O)O1. The Balaban J connectivity index is 2.09. The van der Waals surface area contributed by atoms with Crippen molar-refractivity contribution in [3.8, 4) is 0 Å². The number of hydrogen-bond donors (Lipinski definition) is 4. The van der Waals surface area contributed by atoms with Crippen LogP contribution in [0.25, 0.3) is 0 Å². The summed E-state index contributed by atoms with van der Waals surface area (Å²) in [4.78, 5) is 37.6. The van der Waals surface area contributed by atoms with Crippen molar-refractivity contribution in [2.45, 2.75) is 24.9 Å². The molecule has 1 aliphatic heterocycles. The summed E-state index contributed by atoms with van der Waals surface area (Å²) in [6.45, 7) is 0. The van der Waals surface area contributed by atoms with Gasteiger partial charge in [0, 0.05) is 0 Å². The number of aliphatic carboxylic acids is 1. The second kappa shape index (κ2) is 8.56. The highest BCUT2D eigenvalue weighted by molar-refractivity contribution is 7.13. The summed E-state index contributed by atoms with van der Waals surface area (Å²) in [5.74, 6) is -2.73. The quantitative estimate of drug-likeness (QED) is 0.338. The largest absolute Gasteiger partial charge is 0.481 e. The lowest BCUT2D eigenvalue weighted by Crippen LogP contribution is -2.50. The van der Waals surface area contributed by atoms with E-state index in [1.54, 1.807) is 23.6 Å². The minimum absolute atomic E-state index is 0.188. The Kier molecular flexibility index (Phi) is 6.45. The monoisotopic (exact) mass is 366 g/mol. The maximum Gasteiger partial charge on any atom is 0.478 e. The zero-order chi connectivity index (χ0) is 18.4. The van der Waals surface area contributed by atoms with Crippen LogP contribution in [0.1, 0.15) is 17.7 Å². The van der Waals surface area contributed by atoms with Crippen LogP contribution < -0.4 is 5.32 Å². The summed E-state index contributed by atoms with van der Waals surface area (Å²) < 4.78 is 5.21. The third-order valence-electron chi connectivity index (χ3n) is 3.27. The van der Waals surface area contributed by atoms with E-state index in [1.165, 1.54) is 6.08 Å². The number of carboxylic acid groups (broad SMARTS) is 2. The zero-order valence-electron chi connectivity index (χ0n) is 12.9. The van der Waals surface area contributed by atoms with Gasteiger partial charge in [0.1, 0.15) is 0 Å². The third-order valence-corrected chi connectivity index (χ3v) is 4.15. The van der Waals surface area contributed by atoms with Crippen LogP contribution in [-0.2, 0) is 14.2 Å². The first-order valence-electron chi connectivity index (χ1n) is 7.25. The summed E-state index contributed by atoms with van der Waals surface area (Å²) in [5.41, 5.74) is -0.287. The molecule has 0 bridgehead atoms. The number of aliphatic imine (C=N–C) groups is 1. The molecule has 2 amide bonds. The molecule has 1 aliphatic rings. The number of hydrogen-bond acceptors (Lipinski definition) is 6. The molecule has 0 fully saturated rings. The lowest BCUT2D eigenvalue weighted by atomic mass is 9.77. The lowest BCUT2D eigenvalue weighted by molar-refractivity contribution is -0.138. The maximum atomic E-state index is 12.4. The second-order valence-electron chi connectivity index (χ2n) is 5.13. The van der Waals surface area contributed by atoms with E-state index < -0.39 is 37.1 Å². The highest BCUT2D eigenvalue weighted by Gasteiger charge is 2.33. The van der Waals surface area contributed by atoms with Gasteiger partial charge < -0.3 is 25.2 Å². The van der Waals surface area contributed by atoms with Crippen molar-refractivity contribution >= 4 is 42.1 Å². The van der Waals surface area contributed by atoms with E-state index in [0.29, 0.717) is 4.88 Å². The van der Waals surface area contributed by atoms with Crippen molar-refractivity contribution < 1.29 is 34.3 Å². The Morgan fingerprint density at radius 3 is 2.76 bits per heavy atom. The molecule has 2 heterocycles. The highest BCUT2D eigenvalue weighted by atomic mass is 32.1. The number of thiophene rings is 1. The molecule has 2 rings (SSSR count). The number of carboxylic acids is 1. The number of nitrogens with one attached hydrogen (secondary N) is 1. The number of carbonyl (C=O) groups is 3. The van der Waals surface area contributed by atoms with E-state index >= 15 is 0 Å². The smallest absolute Gasteiger partial charge is 0.478 e. The zero-order valence-corrected chi connectivity index (χ0v) is 13.7. The molecule has 1 aromatic heterocycles. The number of nitrogens with zero attached hydrogens (tertiary/aromatic N) is 1. The molecule has 0 saturated carbocycles. The minimum atomic E-state index is -1.52. The van der Waals surface area contributed by atoms with E-state index in [2.05, 4.69) is 10.3 Å². The fourth-order valence-corrected chi connectivity index (χ4v) is 2.91. The number of carbonyl (C=O) groups excluding carboxylic acids is 1. The molecule has 132 valence electrons. The molecule has 0 spiro atoms. The molecule has 0 aliphatic carbocycles. The van der Waals surface area contributed by atoms with Gasteiger partial charge in [-0.15, -0.1) is 11.3 Å². The summed E-state index contributed by atoms with van der Waals surface area (Å²) >= 11 is 1.15. The van der Waals surface area contributed by atoms with Crippen LogP contribution in [-0.4, -0.2) is 58.1 Å². The van der Waals surface area contributed by atoms with Gasteiger partial charge in [0.05, 0.1) is 23.3 Å². The number of amides is 2. The average Bonchev–Trinajstić information content (AvgIpc) is 2.98. The topological polar surface area (TPSA) is 146 Å². The van der Waals surface area contributed by atoms with Gasteiger partial charge in [-0.2, -0.15) is 4.99 Å². The normalized spacial score (nSPS) is 20.8. The van der Waals surface area contributed by atoms with Crippen LogP contribution in [0.4, 0.5) is 4.79 Å². The highest BCUT2D eigenvalue weighted by Crippen LogP contribution is 2.14. The minimum Gasteiger partial charge on any atom is -0.481 e. The van der Waals surface area contributed by atoms with Crippen molar-refractivity contribution in [2.24, 2.45) is 4.99 Å². The van der Waals surface area contributed by atoms with Crippen LogP contribution >= 0.6 is 11.3 Å². The van der Waals surface area contributed by atoms with Crippen LogP contribution in [0.5, 0.6) is 0 Å². The van der Waals surface area contributed by atoms with Gasteiger partial charge >= 0.3 is 19.2 Å². The molecule has 0 aromatic carbocycles. The van der Waals surface area contributed by atoms with Crippen molar-refractivity contribution in [1.82, 2.24) is 5.32 Å². The van der Waals surface area contributed by atoms with Gasteiger partial charge in [0.25, 0.3) is 5.91 Å². The molecule has 1 aromatic rings. The maximum absolute atomic E-state index is 12.4. The molecular formula is C14H15BN2O7S. The fraction of sp³-hybridized carbons (Fsp3) is 0.286. The molecule has 0 saturated heterocycles. The first-order valence-corrected chi connectivity index (χ1v) is 8.13. The van der Waals surface area contributed by atoms with Crippen LogP contribution in [0.3, 0.4) is 0 Å². The molecule has 11 heteroatoms. The molecule has 2 atom stereocenters. The van der Waals surface area contributed by atoms with Crippen LogP contribution in [0.15, 0.2) is 34.7 Å². The first-order chi connectivity index (χ1) is 11.9. The van der Waals surface area contributed by atoms with Gasteiger partial charge in [-0.05, 0) is 17.9 Å². The van der Waals surface area contributed by atoms with Crippen molar-refractivity contribution in [2.75, 3.05) is 0 Å². The summed E-state index contributed by atoms with van der Waals surface area (Å²) in [5, 5.41) is 31.8. The lowest BCUT2D eigenvalue weighted by Gasteiger charge is -2.20. The summed E-state index contributed by atoms with van der Waals surface area (Å²) in [6, 6.07) is 3.20. The number of rotatable bonds is 5. The van der Waals surface area contributed by atoms with E-state index in [4.69, 9.17) is 14.9 Å². The van der Waals surface area contributed by atoms with Gasteiger partial charge in [-0.25, -0.2) is 4.79 Å².